The van der Waals surface area contributed by atoms with E-state index in [1.807, 2.05) is 18.2 Å². The van der Waals surface area contributed by atoms with Gasteiger partial charge in [0.1, 0.15) is 0 Å². The standard InChI is InChI=1S/C14H19N3O2/c1-15-9-14(19)16(2)11-5-6-12-10(8-11)4-7-13(18)17(12)3/h5-6,8,15H,4,7,9H2,1-3H3. The number of aryl methyl sites for hydroxylation is 1. The van der Waals surface area contributed by atoms with Crippen LogP contribution in [0.3, 0.4) is 0 Å². The van der Waals surface area contributed by atoms with Crippen molar-refractivity contribution in [2.75, 3.05) is 37.5 Å². The summed E-state index contributed by atoms with van der Waals surface area (Å²) in [6.07, 6.45) is 1.27. The van der Waals surface area contributed by atoms with Crippen LogP contribution in [-0.4, -0.2) is 39.5 Å². The van der Waals surface area contributed by atoms with Gasteiger partial charge in [-0.1, -0.05) is 0 Å². The molecular weight excluding hydrogens is 242 g/mol. The third kappa shape index (κ3) is 2.61. The van der Waals surface area contributed by atoms with E-state index in [-0.39, 0.29) is 11.8 Å². The highest BCUT2D eigenvalue weighted by molar-refractivity contribution is 5.98. The lowest BCUT2D eigenvalue weighted by atomic mass is 10.0. The quantitative estimate of drug-likeness (QED) is 0.874. The van der Waals surface area contributed by atoms with Crippen LogP contribution in [-0.2, 0) is 16.0 Å². The summed E-state index contributed by atoms with van der Waals surface area (Å²) in [5, 5.41) is 2.85. The minimum atomic E-state index is 0.0164. The molecule has 0 fully saturated rings. The summed E-state index contributed by atoms with van der Waals surface area (Å²) < 4.78 is 0. The van der Waals surface area contributed by atoms with E-state index in [1.54, 1.807) is 30.9 Å². The van der Waals surface area contributed by atoms with E-state index in [0.29, 0.717) is 13.0 Å². The predicted octanol–water partition coefficient (Wildman–Crippen LogP) is 0.778. The molecule has 1 aromatic rings. The maximum Gasteiger partial charge on any atom is 0.240 e. The molecule has 0 unspecified atom stereocenters. The van der Waals surface area contributed by atoms with E-state index in [0.717, 1.165) is 23.4 Å². The Morgan fingerprint density at radius 2 is 2.16 bits per heavy atom. The molecule has 0 saturated carbocycles. The summed E-state index contributed by atoms with van der Waals surface area (Å²) >= 11 is 0. The average Bonchev–Trinajstić information content (AvgIpc) is 2.42. The normalized spacial score (nSPS) is 14.3. The molecule has 2 amide bonds. The van der Waals surface area contributed by atoms with Crippen LogP contribution in [0.25, 0.3) is 0 Å². The van der Waals surface area contributed by atoms with Crippen LogP contribution in [0, 0.1) is 0 Å². The van der Waals surface area contributed by atoms with Gasteiger partial charge in [0, 0.05) is 31.9 Å². The zero-order valence-corrected chi connectivity index (χ0v) is 11.6. The smallest absolute Gasteiger partial charge is 0.240 e. The van der Waals surface area contributed by atoms with Crippen molar-refractivity contribution in [1.82, 2.24) is 5.32 Å². The maximum absolute atomic E-state index is 11.8. The first kappa shape index (κ1) is 13.5. The molecule has 1 heterocycles. The molecule has 1 aromatic carbocycles. The molecule has 19 heavy (non-hydrogen) atoms. The molecule has 2 rings (SSSR count). The molecule has 1 N–H and O–H groups in total. The largest absolute Gasteiger partial charge is 0.315 e. The van der Waals surface area contributed by atoms with Crippen molar-refractivity contribution < 1.29 is 9.59 Å². The van der Waals surface area contributed by atoms with Crippen LogP contribution in [0.15, 0.2) is 18.2 Å². The molecule has 0 bridgehead atoms. The zero-order chi connectivity index (χ0) is 14.0. The number of benzene rings is 1. The first-order chi connectivity index (χ1) is 9.04. The van der Waals surface area contributed by atoms with Crippen LogP contribution in [0.1, 0.15) is 12.0 Å². The number of hydrogen-bond donors (Lipinski definition) is 1. The van der Waals surface area contributed by atoms with E-state index in [4.69, 9.17) is 0 Å². The van der Waals surface area contributed by atoms with Gasteiger partial charge in [-0.05, 0) is 37.2 Å². The van der Waals surface area contributed by atoms with Crippen molar-refractivity contribution in [1.29, 1.82) is 0 Å². The summed E-state index contributed by atoms with van der Waals surface area (Å²) in [4.78, 5) is 26.8. The van der Waals surface area contributed by atoms with Gasteiger partial charge in [-0.3, -0.25) is 9.59 Å². The Morgan fingerprint density at radius 3 is 2.84 bits per heavy atom. The fourth-order valence-corrected chi connectivity index (χ4v) is 2.27. The number of rotatable bonds is 3. The molecule has 0 aliphatic carbocycles. The molecule has 0 radical (unpaired) electrons. The summed E-state index contributed by atoms with van der Waals surface area (Å²) in [6.45, 7) is 0.311. The zero-order valence-electron chi connectivity index (χ0n) is 11.6. The molecule has 0 atom stereocenters. The third-order valence-corrected chi connectivity index (χ3v) is 3.50. The van der Waals surface area contributed by atoms with Gasteiger partial charge in [0.25, 0.3) is 0 Å². The first-order valence-corrected chi connectivity index (χ1v) is 6.35. The number of nitrogens with zero attached hydrogens (tertiary/aromatic N) is 2. The number of amides is 2. The fraction of sp³-hybridized carbons (Fsp3) is 0.429. The average molecular weight is 261 g/mol. The molecule has 0 spiro atoms. The van der Waals surface area contributed by atoms with E-state index in [1.165, 1.54) is 0 Å². The molecule has 5 heteroatoms. The molecule has 102 valence electrons. The second-order valence-electron chi connectivity index (χ2n) is 4.75. The van der Waals surface area contributed by atoms with E-state index >= 15 is 0 Å². The van der Waals surface area contributed by atoms with Crippen LogP contribution in [0.5, 0.6) is 0 Å². The Labute approximate surface area is 113 Å². The van der Waals surface area contributed by atoms with Crippen molar-refractivity contribution in [3.05, 3.63) is 23.8 Å². The first-order valence-electron chi connectivity index (χ1n) is 6.35. The molecule has 0 saturated heterocycles. The molecule has 5 nitrogen and oxygen atoms in total. The van der Waals surface area contributed by atoms with Gasteiger partial charge in [0.2, 0.25) is 11.8 Å². The topological polar surface area (TPSA) is 52.7 Å². The maximum atomic E-state index is 11.8. The number of carbonyl (C=O) groups is 2. The molecule has 0 aromatic heterocycles. The number of nitrogens with one attached hydrogen (secondary N) is 1. The van der Waals surface area contributed by atoms with Gasteiger partial charge in [-0.25, -0.2) is 0 Å². The predicted molar refractivity (Wildman–Crippen MR) is 75.5 cm³/mol. The minimum Gasteiger partial charge on any atom is -0.315 e. The van der Waals surface area contributed by atoms with Crippen molar-refractivity contribution in [3.63, 3.8) is 0 Å². The lowest BCUT2D eigenvalue weighted by Gasteiger charge is -2.27. The van der Waals surface area contributed by atoms with Gasteiger partial charge >= 0.3 is 0 Å². The van der Waals surface area contributed by atoms with Crippen molar-refractivity contribution in [2.24, 2.45) is 0 Å². The number of fused-ring (bicyclic) bond motifs is 1. The van der Waals surface area contributed by atoms with E-state index < -0.39 is 0 Å². The minimum absolute atomic E-state index is 0.0164. The fourth-order valence-electron chi connectivity index (χ4n) is 2.27. The highest BCUT2D eigenvalue weighted by Crippen LogP contribution is 2.30. The Bertz CT molecular complexity index is 513. The molecule has 1 aliphatic heterocycles. The van der Waals surface area contributed by atoms with Crippen LogP contribution >= 0.6 is 0 Å². The van der Waals surface area contributed by atoms with Gasteiger partial charge in [0.05, 0.1) is 6.54 Å². The summed E-state index contributed by atoms with van der Waals surface area (Å²) in [5.41, 5.74) is 2.92. The summed E-state index contributed by atoms with van der Waals surface area (Å²) in [6, 6.07) is 5.78. The Morgan fingerprint density at radius 1 is 1.42 bits per heavy atom. The van der Waals surface area contributed by atoms with Crippen LogP contribution < -0.4 is 15.1 Å². The highest BCUT2D eigenvalue weighted by Gasteiger charge is 2.21. The summed E-state index contributed by atoms with van der Waals surface area (Å²) in [7, 11) is 5.30. The van der Waals surface area contributed by atoms with Crippen LogP contribution in [0.2, 0.25) is 0 Å². The Balaban J connectivity index is 2.27. The van der Waals surface area contributed by atoms with Crippen molar-refractivity contribution in [2.45, 2.75) is 12.8 Å². The Hall–Kier alpha value is -1.88. The SMILES string of the molecule is CNCC(=O)N(C)c1ccc2c(c1)CCC(=O)N2C. The van der Waals surface area contributed by atoms with E-state index in [2.05, 4.69) is 5.32 Å². The third-order valence-electron chi connectivity index (χ3n) is 3.50. The van der Waals surface area contributed by atoms with Crippen LogP contribution in [0.4, 0.5) is 11.4 Å². The second kappa shape index (κ2) is 5.40. The van der Waals surface area contributed by atoms with E-state index in [9.17, 15) is 9.59 Å². The lowest BCUT2D eigenvalue weighted by molar-refractivity contribution is -0.119. The second-order valence-corrected chi connectivity index (χ2v) is 4.75. The molecule has 1 aliphatic rings. The summed E-state index contributed by atoms with van der Waals surface area (Å²) in [5.74, 6) is 0.155. The van der Waals surface area contributed by atoms with Gasteiger partial charge in [-0.2, -0.15) is 0 Å². The van der Waals surface area contributed by atoms with Gasteiger partial charge in [0.15, 0.2) is 0 Å². The Kier molecular flexibility index (Phi) is 3.85. The molecular formula is C14H19N3O2. The lowest BCUT2D eigenvalue weighted by Crippen LogP contribution is -2.35. The number of carbonyl (C=O) groups excluding carboxylic acids is 2. The van der Waals surface area contributed by atoms with Crippen molar-refractivity contribution in [3.8, 4) is 0 Å². The van der Waals surface area contributed by atoms with Gasteiger partial charge in [-0.15, -0.1) is 0 Å². The van der Waals surface area contributed by atoms with Crippen molar-refractivity contribution >= 4 is 23.2 Å². The van der Waals surface area contributed by atoms with Gasteiger partial charge < -0.3 is 15.1 Å². The number of hydrogen-bond acceptors (Lipinski definition) is 3. The monoisotopic (exact) mass is 261 g/mol. The number of likely N-dealkylation sites (N-methyl/N-ethyl adjacent to an activating group) is 2. The number of anilines is 2. The highest BCUT2D eigenvalue weighted by atomic mass is 16.2.